The number of benzene rings is 2. The predicted octanol–water partition coefficient (Wildman–Crippen LogP) is 2.80. The molecule has 0 atom stereocenters. The molecule has 5 heteroatoms. The molecule has 5 nitrogen and oxygen atoms in total. The van der Waals surface area contributed by atoms with E-state index in [1.807, 2.05) is 13.0 Å². The van der Waals surface area contributed by atoms with Crippen molar-refractivity contribution >= 4 is 11.7 Å². The molecule has 0 radical (unpaired) electrons. The second kappa shape index (κ2) is 6.17. The molecule has 0 aromatic heterocycles. The number of nitrogens with one attached hydrogen (secondary N) is 1. The van der Waals surface area contributed by atoms with E-state index >= 15 is 0 Å². The highest BCUT2D eigenvalue weighted by molar-refractivity contribution is 5.95. The van der Waals surface area contributed by atoms with Crippen LogP contribution in [0.1, 0.15) is 21.5 Å². The lowest BCUT2D eigenvalue weighted by Crippen LogP contribution is -2.08. The molecule has 0 heterocycles. The summed E-state index contributed by atoms with van der Waals surface area (Å²) in [6.45, 7) is 2.16. The first-order valence-corrected chi connectivity index (χ1v) is 6.45. The summed E-state index contributed by atoms with van der Waals surface area (Å²) >= 11 is 0. The van der Waals surface area contributed by atoms with Gasteiger partial charge in [-0.25, -0.2) is 4.79 Å². The van der Waals surface area contributed by atoms with Crippen LogP contribution in [0.5, 0.6) is 11.5 Å². The molecule has 0 fully saturated rings. The number of aromatic hydroxyl groups is 2. The lowest BCUT2D eigenvalue weighted by atomic mass is 10.1. The third-order valence-electron chi connectivity index (χ3n) is 3.15. The average molecular weight is 287 g/mol. The number of aryl methyl sites for hydroxylation is 1. The molecular formula is C16H17NO4. The van der Waals surface area contributed by atoms with Gasteiger partial charge in [-0.15, -0.1) is 0 Å². The minimum absolute atomic E-state index is 0.170. The lowest BCUT2D eigenvalue weighted by molar-refractivity contribution is 0.0601. The van der Waals surface area contributed by atoms with Crippen LogP contribution in [0.3, 0.4) is 0 Å². The molecule has 21 heavy (non-hydrogen) atoms. The molecule has 0 saturated carbocycles. The number of phenolic OH excluding ortho intramolecular Hbond substituents is 2. The number of carbonyl (C=O) groups excluding carboxylic acids is 1. The summed E-state index contributed by atoms with van der Waals surface area (Å²) in [6.07, 6.45) is 0. The second-order valence-corrected chi connectivity index (χ2v) is 4.68. The first kappa shape index (κ1) is 14.7. The zero-order chi connectivity index (χ0) is 15.4. The summed E-state index contributed by atoms with van der Waals surface area (Å²) in [6, 6.07) is 10.1. The Morgan fingerprint density at radius 2 is 2.00 bits per heavy atom. The van der Waals surface area contributed by atoms with Crippen LogP contribution in [-0.4, -0.2) is 23.3 Å². The van der Waals surface area contributed by atoms with Crippen LogP contribution in [0.2, 0.25) is 0 Å². The number of hydrogen-bond acceptors (Lipinski definition) is 5. The summed E-state index contributed by atoms with van der Waals surface area (Å²) < 4.78 is 4.76. The van der Waals surface area contributed by atoms with E-state index in [1.54, 1.807) is 24.3 Å². The minimum Gasteiger partial charge on any atom is -0.504 e. The smallest absolute Gasteiger partial charge is 0.339 e. The largest absolute Gasteiger partial charge is 0.504 e. The molecule has 2 rings (SSSR count). The van der Waals surface area contributed by atoms with Gasteiger partial charge in [-0.2, -0.15) is 0 Å². The van der Waals surface area contributed by atoms with Gasteiger partial charge in [0.05, 0.1) is 12.7 Å². The van der Waals surface area contributed by atoms with Gasteiger partial charge in [0.2, 0.25) is 0 Å². The van der Waals surface area contributed by atoms with Crippen LogP contribution in [0.15, 0.2) is 36.4 Å². The number of para-hydroxylation sites is 1. The molecule has 0 amide bonds. The predicted molar refractivity (Wildman–Crippen MR) is 79.6 cm³/mol. The summed E-state index contributed by atoms with van der Waals surface area (Å²) in [4.78, 5) is 11.8. The maximum absolute atomic E-state index is 11.8. The quantitative estimate of drug-likeness (QED) is 0.595. The maximum atomic E-state index is 11.8. The molecule has 0 aliphatic heterocycles. The number of rotatable bonds is 4. The monoisotopic (exact) mass is 287 g/mol. The number of methoxy groups -OCH3 is 1. The Labute approximate surface area is 122 Å². The number of hydrogen-bond donors (Lipinski definition) is 3. The maximum Gasteiger partial charge on any atom is 0.339 e. The van der Waals surface area contributed by atoms with E-state index in [0.29, 0.717) is 16.8 Å². The Morgan fingerprint density at radius 3 is 2.71 bits per heavy atom. The molecule has 3 N–H and O–H groups in total. The molecule has 2 aromatic carbocycles. The van der Waals surface area contributed by atoms with E-state index in [4.69, 9.17) is 4.74 Å². The van der Waals surface area contributed by atoms with Gasteiger partial charge >= 0.3 is 5.97 Å². The molecule has 0 bridgehead atoms. The number of esters is 1. The van der Waals surface area contributed by atoms with Gasteiger partial charge in [-0.3, -0.25) is 0 Å². The Hall–Kier alpha value is -2.69. The van der Waals surface area contributed by atoms with Crippen molar-refractivity contribution in [3.05, 3.63) is 53.1 Å². The normalized spacial score (nSPS) is 10.2. The van der Waals surface area contributed by atoms with E-state index < -0.39 is 5.97 Å². The highest BCUT2D eigenvalue weighted by atomic mass is 16.5. The fraction of sp³-hybridized carbons (Fsp3) is 0.188. The zero-order valence-corrected chi connectivity index (χ0v) is 11.9. The number of ether oxygens (including phenoxy) is 1. The molecule has 0 spiro atoms. The Kier molecular flexibility index (Phi) is 4.33. The number of carbonyl (C=O) groups is 1. The van der Waals surface area contributed by atoms with Crippen molar-refractivity contribution in [2.45, 2.75) is 13.5 Å². The van der Waals surface area contributed by atoms with Gasteiger partial charge in [-0.05, 0) is 25.1 Å². The van der Waals surface area contributed by atoms with Crippen LogP contribution in [-0.2, 0) is 11.3 Å². The van der Waals surface area contributed by atoms with Crippen molar-refractivity contribution in [1.29, 1.82) is 0 Å². The van der Waals surface area contributed by atoms with E-state index in [9.17, 15) is 15.0 Å². The topological polar surface area (TPSA) is 78.8 Å². The Balaban J connectivity index is 2.24. The van der Waals surface area contributed by atoms with Gasteiger partial charge in [0.15, 0.2) is 11.5 Å². The summed E-state index contributed by atoms with van der Waals surface area (Å²) in [5, 5.41) is 22.3. The Bertz CT molecular complexity index is 667. The van der Waals surface area contributed by atoms with Crippen molar-refractivity contribution in [2.75, 3.05) is 12.4 Å². The lowest BCUT2D eigenvalue weighted by Gasteiger charge is -2.12. The molecule has 110 valence electrons. The average Bonchev–Trinajstić information content (AvgIpc) is 2.49. The number of phenols is 2. The van der Waals surface area contributed by atoms with Gasteiger partial charge < -0.3 is 20.3 Å². The van der Waals surface area contributed by atoms with E-state index in [2.05, 4.69) is 5.32 Å². The first-order chi connectivity index (χ1) is 10.0. The summed E-state index contributed by atoms with van der Waals surface area (Å²) in [7, 11) is 1.33. The zero-order valence-electron chi connectivity index (χ0n) is 11.9. The van der Waals surface area contributed by atoms with E-state index in [-0.39, 0.29) is 18.0 Å². The van der Waals surface area contributed by atoms with E-state index in [1.165, 1.54) is 13.2 Å². The van der Waals surface area contributed by atoms with Crippen LogP contribution in [0.25, 0.3) is 0 Å². The van der Waals surface area contributed by atoms with Gasteiger partial charge in [0.25, 0.3) is 0 Å². The highest BCUT2D eigenvalue weighted by Crippen LogP contribution is 2.29. The minimum atomic E-state index is -0.429. The Morgan fingerprint density at radius 1 is 1.24 bits per heavy atom. The molecular weight excluding hydrogens is 270 g/mol. The molecule has 0 aliphatic carbocycles. The van der Waals surface area contributed by atoms with Crippen molar-refractivity contribution in [1.82, 2.24) is 0 Å². The number of anilines is 1. The van der Waals surface area contributed by atoms with Gasteiger partial charge in [0.1, 0.15) is 0 Å². The van der Waals surface area contributed by atoms with Crippen molar-refractivity contribution in [3.8, 4) is 11.5 Å². The second-order valence-electron chi connectivity index (χ2n) is 4.68. The van der Waals surface area contributed by atoms with Crippen LogP contribution in [0, 0.1) is 6.92 Å². The van der Waals surface area contributed by atoms with Crippen molar-refractivity contribution in [3.63, 3.8) is 0 Å². The van der Waals surface area contributed by atoms with Gasteiger partial charge in [-0.1, -0.05) is 23.8 Å². The first-order valence-electron chi connectivity index (χ1n) is 6.45. The van der Waals surface area contributed by atoms with Crippen molar-refractivity contribution < 1.29 is 19.7 Å². The summed E-state index contributed by atoms with van der Waals surface area (Å²) in [5.74, 6) is -0.774. The molecule has 0 aliphatic rings. The molecule has 0 unspecified atom stereocenters. The SMILES string of the molecule is COC(=O)c1cc(C)ccc1NCc1cccc(O)c1O. The standard InChI is InChI=1S/C16H17NO4/c1-10-6-7-13(12(8-10)16(20)21-2)17-9-11-4-3-5-14(18)15(11)19/h3-8,17-19H,9H2,1-2H3. The van der Waals surface area contributed by atoms with E-state index in [0.717, 1.165) is 5.56 Å². The van der Waals surface area contributed by atoms with Gasteiger partial charge in [0, 0.05) is 17.8 Å². The summed E-state index contributed by atoms with van der Waals surface area (Å²) in [5.41, 5.74) is 2.51. The third kappa shape index (κ3) is 3.25. The van der Waals surface area contributed by atoms with Crippen molar-refractivity contribution in [2.24, 2.45) is 0 Å². The van der Waals surface area contributed by atoms with Crippen LogP contribution >= 0.6 is 0 Å². The highest BCUT2D eigenvalue weighted by Gasteiger charge is 2.13. The fourth-order valence-electron chi connectivity index (χ4n) is 2.00. The van der Waals surface area contributed by atoms with Crippen LogP contribution < -0.4 is 5.32 Å². The van der Waals surface area contributed by atoms with Crippen LogP contribution in [0.4, 0.5) is 5.69 Å². The molecule has 0 saturated heterocycles. The molecule has 2 aromatic rings. The third-order valence-corrected chi connectivity index (χ3v) is 3.15. The fourth-order valence-corrected chi connectivity index (χ4v) is 2.00.